The molecule has 3 nitrogen and oxygen atoms in total. The molecule has 0 radical (unpaired) electrons. The van der Waals surface area contributed by atoms with Crippen LogP contribution in [0.15, 0.2) is 42.6 Å². The van der Waals surface area contributed by atoms with Gasteiger partial charge in [-0.05, 0) is 29.7 Å². The number of nitrogens with zero attached hydrogens (tertiary/aromatic N) is 2. The summed E-state index contributed by atoms with van der Waals surface area (Å²) in [6.45, 7) is 3.78. The van der Waals surface area contributed by atoms with Gasteiger partial charge in [-0.15, -0.1) is 0 Å². The largest absolute Gasteiger partial charge is 0.366 e. The Morgan fingerprint density at radius 1 is 1.20 bits per heavy atom. The van der Waals surface area contributed by atoms with Crippen LogP contribution in [-0.2, 0) is 13.0 Å². The summed E-state index contributed by atoms with van der Waals surface area (Å²) < 4.78 is 0. The Balaban J connectivity index is 1.79. The fraction of sp³-hybridized carbons (Fsp3) is 0.294. The fourth-order valence-electron chi connectivity index (χ4n) is 2.64. The van der Waals surface area contributed by atoms with Crippen LogP contribution in [0.1, 0.15) is 35.0 Å². The Morgan fingerprint density at radius 3 is 2.70 bits per heavy atom. The zero-order chi connectivity index (χ0) is 13.9. The molecule has 0 spiro atoms. The lowest BCUT2D eigenvalue weighted by atomic mass is 9.99. The van der Waals surface area contributed by atoms with E-state index in [4.69, 9.17) is 0 Å². The van der Waals surface area contributed by atoms with Crippen LogP contribution >= 0.6 is 0 Å². The van der Waals surface area contributed by atoms with Crippen LogP contribution in [-0.4, -0.2) is 17.3 Å². The molecule has 1 aliphatic heterocycles. The van der Waals surface area contributed by atoms with Crippen molar-refractivity contribution in [3.8, 4) is 0 Å². The number of pyridine rings is 1. The van der Waals surface area contributed by atoms with Gasteiger partial charge in [-0.1, -0.05) is 31.2 Å². The highest BCUT2D eigenvalue weighted by atomic mass is 16.1. The summed E-state index contributed by atoms with van der Waals surface area (Å²) in [6.07, 6.45) is 3.38. The van der Waals surface area contributed by atoms with Gasteiger partial charge in [0.2, 0.25) is 0 Å². The van der Waals surface area contributed by atoms with Crippen molar-refractivity contribution in [1.82, 2.24) is 4.98 Å². The molecule has 0 unspecified atom stereocenters. The second-order valence-electron chi connectivity index (χ2n) is 5.12. The second-order valence-corrected chi connectivity index (χ2v) is 5.12. The Morgan fingerprint density at radius 2 is 2.00 bits per heavy atom. The van der Waals surface area contributed by atoms with E-state index in [0.29, 0.717) is 12.1 Å². The number of hydrogen-bond acceptors (Lipinski definition) is 3. The molecule has 3 heteroatoms. The molecule has 2 aromatic rings. The van der Waals surface area contributed by atoms with Crippen molar-refractivity contribution >= 4 is 11.5 Å². The van der Waals surface area contributed by atoms with Gasteiger partial charge in [-0.3, -0.25) is 9.78 Å². The minimum atomic E-state index is 0.0977. The number of benzene rings is 1. The van der Waals surface area contributed by atoms with E-state index in [2.05, 4.69) is 34.1 Å². The van der Waals surface area contributed by atoms with Crippen LogP contribution in [0, 0.1) is 0 Å². The molecular weight excluding hydrogens is 248 g/mol. The highest BCUT2D eigenvalue weighted by Crippen LogP contribution is 2.23. The van der Waals surface area contributed by atoms with Crippen LogP contribution in [0.5, 0.6) is 0 Å². The number of carbonyl (C=O) groups excluding carboxylic acids is 1. The van der Waals surface area contributed by atoms with E-state index in [1.165, 1.54) is 11.1 Å². The Labute approximate surface area is 119 Å². The summed E-state index contributed by atoms with van der Waals surface area (Å²) in [5.74, 6) is 0.0977. The summed E-state index contributed by atoms with van der Waals surface area (Å²) in [4.78, 5) is 18.2. The molecule has 0 saturated carbocycles. The van der Waals surface area contributed by atoms with E-state index in [0.717, 1.165) is 25.2 Å². The standard InChI is InChI=1S/C17H18N2O/c1-2-17(20)16-8-7-15(11-18-16)19-10-9-13-5-3-4-6-14(13)12-19/h3-8,11H,2,9-10,12H2,1H3. The molecule has 1 aromatic carbocycles. The summed E-state index contributed by atoms with van der Waals surface area (Å²) in [5.41, 5.74) is 4.47. The number of rotatable bonds is 3. The molecule has 3 rings (SSSR count). The molecule has 0 atom stereocenters. The van der Waals surface area contributed by atoms with Gasteiger partial charge < -0.3 is 4.90 Å². The van der Waals surface area contributed by atoms with E-state index in [-0.39, 0.29) is 5.78 Å². The molecule has 0 bridgehead atoms. The number of Topliss-reactive ketones (excluding diaryl/α,β-unsaturated/α-hetero) is 1. The zero-order valence-corrected chi connectivity index (χ0v) is 11.7. The summed E-state index contributed by atoms with van der Waals surface area (Å²) in [5, 5.41) is 0. The number of aromatic nitrogens is 1. The van der Waals surface area contributed by atoms with Crippen molar-refractivity contribution in [2.24, 2.45) is 0 Å². The van der Waals surface area contributed by atoms with Gasteiger partial charge in [0.05, 0.1) is 11.9 Å². The third kappa shape index (κ3) is 2.44. The third-order valence-electron chi connectivity index (χ3n) is 3.85. The lowest BCUT2D eigenvalue weighted by Gasteiger charge is -2.30. The van der Waals surface area contributed by atoms with Crippen LogP contribution in [0.2, 0.25) is 0 Å². The average Bonchev–Trinajstić information content (AvgIpc) is 2.54. The molecule has 1 aromatic heterocycles. The van der Waals surface area contributed by atoms with Crippen molar-refractivity contribution in [3.05, 3.63) is 59.4 Å². The third-order valence-corrected chi connectivity index (χ3v) is 3.85. The van der Waals surface area contributed by atoms with Gasteiger partial charge >= 0.3 is 0 Å². The van der Waals surface area contributed by atoms with Crippen molar-refractivity contribution in [2.45, 2.75) is 26.3 Å². The summed E-state index contributed by atoms with van der Waals surface area (Å²) in [7, 11) is 0. The van der Waals surface area contributed by atoms with E-state index >= 15 is 0 Å². The SMILES string of the molecule is CCC(=O)c1ccc(N2CCc3ccccc3C2)cn1. The molecule has 102 valence electrons. The zero-order valence-electron chi connectivity index (χ0n) is 11.7. The van der Waals surface area contributed by atoms with Gasteiger partial charge in [0.1, 0.15) is 5.69 Å². The lowest BCUT2D eigenvalue weighted by molar-refractivity contribution is 0.0983. The highest BCUT2D eigenvalue weighted by molar-refractivity contribution is 5.94. The Bertz CT molecular complexity index is 619. The van der Waals surface area contributed by atoms with Crippen molar-refractivity contribution in [2.75, 3.05) is 11.4 Å². The number of fused-ring (bicyclic) bond motifs is 1. The predicted molar refractivity (Wildman–Crippen MR) is 80.1 cm³/mol. The quantitative estimate of drug-likeness (QED) is 0.800. The van der Waals surface area contributed by atoms with Crippen LogP contribution < -0.4 is 4.90 Å². The fourth-order valence-corrected chi connectivity index (χ4v) is 2.64. The maximum Gasteiger partial charge on any atom is 0.180 e. The first-order chi connectivity index (χ1) is 9.78. The normalized spacial score (nSPS) is 13.9. The van der Waals surface area contributed by atoms with E-state index in [1.54, 1.807) is 0 Å². The summed E-state index contributed by atoms with van der Waals surface area (Å²) >= 11 is 0. The van der Waals surface area contributed by atoms with Gasteiger partial charge in [-0.2, -0.15) is 0 Å². The van der Waals surface area contributed by atoms with Gasteiger partial charge in [-0.25, -0.2) is 0 Å². The van der Waals surface area contributed by atoms with Crippen LogP contribution in [0.25, 0.3) is 0 Å². The second kappa shape index (κ2) is 5.45. The van der Waals surface area contributed by atoms with Crippen LogP contribution in [0.4, 0.5) is 5.69 Å². The van der Waals surface area contributed by atoms with Gasteiger partial charge in [0.25, 0.3) is 0 Å². The van der Waals surface area contributed by atoms with Gasteiger partial charge in [0.15, 0.2) is 5.78 Å². The molecule has 1 aliphatic rings. The maximum absolute atomic E-state index is 11.6. The highest BCUT2D eigenvalue weighted by Gasteiger charge is 2.16. The minimum absolute atomic E-state index is 0.0977. The Hall–Kier alpha value is -2.16. The first-order valence-electron chi connectivity index (χ1n) is 7.09. The maximum atomic E-state index is 11.6. The number of hydrogen-bond donors (Lipinski definition) is 0. The van der Waals surface area contributed by atoms with Crippen molar-refractivity contribution < 1.29 is 4.79 Å². The first kappa shape index (κ1) is 12.9. The molecule has 2 heterocycles. The number of anilines is 1. The van der Waals surface area contributed by atoms with Crippen molar-refractivity contribution in [1.29, 1.82) is 0 Å². The van der Waals surface area contributed by atoms with Crippen LogP contribution in [0.3, 0.4) is 0 Å². The number of carbonyl (C=O) groups is 1. The Kier molecular flexibility index (Phi) is 3.50. The summed E-state index contributed by atoms with van der Waals surface area (Å²) in [6, 6.07) is 12.4. The number of ketones is 1. The lowest BCUT2D eigenvalue weighted by Crippen LogP contribution is -2.30. The molecule has 0 amide bonds. The molecule has 0 aliphatic carbocycles. The smallest absolute Gasteiger partial charge is 0.180 e. The van der Waals surface area contributed by atoms with Gasteiger partial charge in [0, 0.05) is 19.5 Å². The monoisotopic (exact) mass is 266 g/mol. The topological polar surface area (TPSA) is 33.2 Å². The average molecular weight is 266 g/mol. The van der Waals surface area contributed by atoms with Crippen molar-refractivity contribution in [3.63, 3.8) is 0 Å². The molecular formula is C17H18N2O. The van der Waals surface area contributed by atoms with E-state index in [9.17, 15) is 4.79 Å². The molecule has 0 saturated heterocycles. The minimum Gasteiger partial charge on any atom is -0.366 e. The first-order valence-corrected chi connectivity index (χ1v) is 7.09. The molecule has 20 heavy (non-hydrogen) atoms. The predicted octanol–water partition coefficient (Wildman–Crippen LogP) is 3.24. The molecule has 0 N–H and O–H groups in total. The molecule has 0 fully saturated rings. The van der Waals surface area contributed by atoms with E-state index in [1.807, 2.05) is 25.3 Å². The van der Waals surface area contributed by atoms with E-state index < -0.39 is 0 Å².